The van der Waals surface area contributed by atoms with Crippen LogP contribution in [0.3, 0.4) is 0 Å². The third kappa shape index (κ3) is 2.10. The van der Waals surface area contributed by atoms with Crippen LogP contribution in [0.1, 0.15) is 39.0 Å². The summed E-state index contributed by atoms with van der Waals surface area (Å²) in [6.07, 6.45) is 6.52. The third-order valence-electron chi connectivity index (χ3n) is 4.54. The molecule has 1 amide bonds. The number of nitrogens with zero attached hydrogens (tertiary/aromatic N) is 2. The van der Waals surface area contributed by atoms with Crippen molar-refractivity contribution in [2.45, 2.75) is 51.1 Å². The summed E-state index contributed by atoms with van der Waals surface area (Å²) in [7, 11) is 4.20. The summed E-state index contributed by atoms with van der Waals surface area (Å²) < 4.78 is 0. The first-order valence-electron chi connectivity index (χ1n) is 6.55. The van der Waals surface area contributed by atoms with Gasteiger partial charge in [0.05, 0.1) is 0 Å². The van der Waals surface area contributed by atoms with Gasteiger partial charge in [0.25, 0.3) is 0 Å². The molecular formula is C13H24N2O. The Hall–Kier alpha value is -0.570. The van der Waals surface area contributed by atoms with E-state index in [0.29, 0.717) is 12.1 Å². The Labute approximate surface area is 98.8 Å². The molecule has 1 saturated heterocycles. The fourth-order valence-electron chi connectivity index (χ4n) is 3.62. The Morgan fingerprint density at radius 1 is 1.25 bits per heavy atom. The number of amides is 1. The first kappa shape index (κ1) is 11.9. The van der Waals surface area contributed by atoms with Crippen LogP contribution in [0.4, 0.5) is 0 Å². The van der Waals surface area contributed by atoms with E-state index in [1.807, 2.05) is 11.9 Å². The van der Waals surface area contributed by atoms with E-state index in [-0.39, 0.29) is 5.91 Å². The zero-order chi connectivity index (χ0) is 11.7. The zero-order valence-electron chi connectivity index (χ0n) is 10.8. The Kier molecular flexibility index (Phi) is 3.53. The highest BCUT2D eigenvalue weighted by Crippen LogP contribution is 2.36. The summed E-state index contributed by atoms with van der Waals surface area (Å²) in [5, 5.41) is 0. The molecule has 0 aromatic rings. The molecule has 1 saturated carbocycles. The van der Waals surface area contributed by atoms with Crippen molar-refractivity contribution in [2.24, 2.45) is 5.92 Å². The molecule has 92 valence electrons. The number of hydrogen-bond acceptors (Lipinski definition) is 2. The maximum Gasteiger partial charge on any atom is 0.219 e. The number of carbonyl (C=O) groups excluding carboxylic acids is 1. The lowest BCUT2D eigenvalue weighted by Gasteiger charge is -2.49. The van der Waals surface area contributed by atoms with E-state index in [1.165, 1.54) is 38.6 Å². The SMILES string of the molecule is CC(=O)N(C)C1CCCC2CCCN(C)C21. The molecule has 0 radical (unpaired) electrons. The van der Waals surface area contributed by atoms with Gasteiger partial charge in [-0.1, -0.05) is 6.42 Å². The lowest BCUT2D eigenvalue weighted by molar-refractivity contribution is -0.133. The van der Waals surface area contributed by atoms with E-state index in [0.717, 1.165) is 5.92 Å². The second-order valence-corrected chi connectivity index (χ2v) is 5.50. The van der Waals surface area contributed by atoms with Gasteiger partial charge in [-0.05, 0) is 45.2 Å². The molecule has 1 aliphatic heterocycles. The van der Waals surface area contributed by atoms with E-state index in [9.17, 15) is 4.79 Å². The van der Waals surface area contributed by atoms with Crippen LogP contribution in [0.25, 0.3) is 0 Å². The number of carbonyl (C=O) groups is 1. The van der Waals surface area contributed by atoms with Crippen LogP contribution in [0, 0.1) is 5.92 Å². The van der Waals surface area contributed by atoms with Gasteiger partial charge in [-0.25, -0.2) is 0 Å². The van der Waals surface area contributed by atoms with Crippen molar-refractivity contribution in [3.05, 3.63) is 0 Å². The second-order valence-electron chi connectivity index (χ2n) is 5.50. The molecule has 2 fully saturated rings. The zero-order valence-corrected chi connectivity index (χ0v) is 10.8. The van der Waals surface area contributed by atoms with Gasteiger partial charge in [-0.3, -0.25) is 4.79 Å². The molecule has 0 bridgehead atoms. The second kappa shape index (κ2) is 4.74. The maximum atomic E-state index is 11.5. The van der Waals surface area contributed by atoms with Gasteiger partial charge >= 0.3 is 0 Å². The van der Waals surface area contributed by atoms with Crippen molar-refractivity contribution in [2.75, 3.05) is 20.6 Å². The quantitative estimate of drug-likeness (QED) is 0.677. The van der Waals surface area contributed by atoms with Crippen LogP contribution >= 0.6 is 0 Å². The molecule has 0 spiro atoms. The van der Waals surface area contributed by atoms with E-state index in [4.69, 9.17) is 0 Å². The van der Waals surface area contributed by atoms with Gasteiger partial charge in [0.15, 0.2) is 0 Å². The molecule has 2 aliphatic rings. The minimum absolute atomic E-state index is 0.213. The largest absolute Gasteiger partial charge is 0.341 e. The van der Waals surface area contributed by atoms with Gasteiger partial charge in [0.1, 0.15) is 0 Å². The standard InChI is InChI=1S/C13H24N2O/c1-10(16)15(3)12-8-4-6-11-7-5-9-14(2)13(11)12/h11-13H,4-9H2,1-3H3. The van der Waals surface area contributed by atoms with E-state index in [2.05, 4.69) is 11.9 Å². The number of rotatable bonds is 1. The predicted octanol–water partition coefficient (Wildman–Crippen LogP) is 1.73. The Balaban J connectivity index is 2.13. The van der Waals surface area contributed by atoms with Gasteiger partial charge in [-0.2, -0.15) is 0 Å². The van der Waals surface area contributed by atoms with Gasteiger partial charge in [0, 0.05) is 26.1 Å². The van der Waals surface area contributed by atoms with Crippen molar-refractivity contribution in [1.82, 2.24) is 9.80 Å². The van der Waals surface area contributed by atoms with Crippen molar-refractivity contribution in [1.29, 1.82) is 0 Å². The van der Waals surface area contributed by atoms with E-state index in [1.54, 1.807) is 6.92 Å². The number of fused-ring (bicyclic) bond motifs is 1. The van der Waals surface area contributed by atoms with Gasteiger partial charge < -0.3 is 9.80 Å². The van der Waals surface area contributed by atoms with Gasteiger partial charge in [0.2, 0.25) is 5.91 Å². The number of likely N-dealkylation sites (N-methyl/N-ethyl adjacent to an activating group) is 2. The topological polar surface area (TPSA) is 23.6 Å². The van der Waals surface area contributed by atoms with Crippen LogP contribution in [-0.2, 0) is 4.79 Å². The molecule has 3 nitrogen and oxygen atoms in total. The molecule has 3 atom stereocenters. The highest BCUT2D eigenvalue weighted by molar-refractivity contribution is 5.73. The van der Waals surface area contributed by atoms with Crippen LogP contribution in [0.5, 0.6) is 0 Å². The first-order chi connectivity index (χ1) is 7.61. The monoisotopic (exact) mass is 224 g/mol. The molecule has 0 aromatic carbocycles. The molecule has 0 N–H and O–H groups in total. The summed E-state index contributed by atoms with van der Waals surface area (Å²) in [6.45, 7) is 2.88. The third-order valence-corrected chi connectivity index (χ3v) is 4.54. The predicted molar refractivity (Wildman–Crippen MR) is 65.2 cm³/mol. The molecular weight excluding hydrogens is 200 g/mol. The molecule has 16 heavy (non-hydrogen) atoms. The van der Waals surface area contributed by atoms with Crippen molar-refractivity contribution < 1.29 is 4.79 Å². The number of piperidine rings is 1. The minimum atomic E-state index is 0.213. The van der Waals surface area contributed by atoms with E-state index < -0.39 is 0 Å². The summed E-state index contributed by atoms with van der Waals surface area (Å²) in [4.78, 5) is 16.0. The van der Waals surface area contributed by atoms with Crippen molar-refractivity contribution >= 4 is 5.91 Å². The molecule has 3 heteroatoms. The normalized spacial score (nSPS) is 35.6. The fourth-order valence-corrected chi connectivity index (χ4v) is 3.62. The average Bonchev–Trinajstić information content (AvgIpc) is 2.27. The van der Waals surface area contributed by atoms with E-state index >= 15 is 0 Å². The minimum Gasteiger partial charge on any atom is -0.341 e. The van der Waals surface area contributed by atoms with Crippen molar-refractivity contribution in [3.63, 3.8) is 0 Å². The molecule has 2 rings (SSSR count). The molecule has 1 heterocycles. The summed E-state index contributed by atoms with van der Waals surface area (Å²) in [6, 6.07) is 1.05. The van der Waals surface area contributed by atoms with Crippen LogP contribution in [-0.4, -0.2) is 48.4 Å². The smallest absolute Gasteiger partial charge is 0.219 e. The van der Waals surface area contributed by atoms with Crippen LogP contribution < -0.4 is 0 Å². The number of likely N-dealkylation sites (tertiary alicyclic amines) is 1. The fraction of sp³-hybridized carbons (Fsp3) is 0.923. The number of hydrogen-bond donors (Lipinski definition) is 0. The Bertz CT molecular complexity index is 265. The molecule has 1 aliphatic carbocycles. The highest BCUT2D eigenvalue weighted by Gasteiger charge is 2.40. The Morgan fingerprint density at radius 3 is 2.62 bits per heavy atom. The summed E-state index contributed by atoms with van der Waals surface area (Å²) >= 11 is 0. The first-order valence-corrected chi connectivity index (χ1v) is 6.55. The summed E-state index contributed by atoms with van der Waals surface area (Å²) in [5.74, 6) is 1.03. The van der Waals surface area contributed by atoms with Gasteiger partial charge in [-0.15, -0.1) is 0 Å². The van der Waals surface area contributed by atoms with Crippen LogP contribution in [0.2, 0.25) is 0 Å². The highest BCUT2D eigenvalue weighted by atomic mass is 16.2. The lowest BCUT2D eigenvalue weighted by atomic mass is 9.75. The lowest BCUT2D eigenvalue weighted by Crippen LogP contribution is -2.58. The summed E-state index contributed by atoms with van der Waals surface area (Å²) in [5.41, 5.74) is 0. The molecule has 0 aromatic heterocycles. The average molecular weight is 224 g/mol. The Morgan fingerprint density at radius 2 is 1.94 bits per heavy atom. The van der Waals surface area contributed by atoms with Crippen molar-refractivity contribution in [3.8, 4) is 0 Å². The molecule has 3 unspecified atom stereocenters. The maximum absolute atomic E-state index is 11.5. The van der Waals surface area contributed by atoms with Crippen LogP contribution in [0.15, 0.2) is 0 Å².